The summed E-state index contributed by atoms with van der Waals surface area (Å²) in [6, 6.07) is 4.05. The number of hydrogen-bond donors (Lipinski definition) is 1. The third-order valence-electron chi connectivity index (χ3n) is 1.61. The summed E-state index contributed by atoms with van der Waals surface area (Å²) in [6.45, 7) is 0. The molecule has 1 aromatic heterocycles. The number of nitriles is 1. The molecule has 0 amide bonds. The Morgan fingerprint density at radius 1 is 1.54 bits per heavy atom. The Labute approximate surface area is 72.4 Å². The van der Waals surface area contributed by atoms with Crippen LogP contribution in [-0.2, 0) is 0 Å². The van der Waals surface area contributed by atoms with E-state index in [0.717, 1.165) is 6.07 Å². The van der Waals surface area contributed by atoms with Gasteiger partial charge in [0, 0.05) is 6.07 Å². The third kappa shape index (κ3) is 1.08. The van der Waals surface area contributed by atoms with Gasteiger partial charge in [0.05, 0.1) is 5.56 Å². The van der Waals surface area contributed by atoms with Gasteiger partial charge in [0.25, 0.3) is 6.01 Å². The van der Waals surface area contributed by atoms with Crippen molar-refractivity contribution in [2.75, 3.05) is 5.73 Å². The normalized spacial score (nSPS) is 10.2. The summed E-state index contributed by atoms with van der Waals surface area (Å²) < 4.78 is 17.8. The van der Waals surface area contributed by atoms with Gasteiger partial charge in [-0.2, -0.15) is 10.2 Å². The molecule has 1 aromatic carbocycles. The fourth-order valence-electron chi connectivity index (χ4n) is 1.05. The summed E-state index contributed by atoms with van der Waals surface area (Å²) in [4.78, 5) is 3.76. The van der Waals surface area contributed by atoms with Crippen molar-refractivity contribution < 1.29 is 8.81 Å². The SMILES string of the molecule is N#Cc1cc2nc(N)oc2cc1F. The number of nitrogens with zero attached hydrogens (tertiary/aromatic N) is 2. The molecule has 0 radical (unpaired) electrons. The smallest absolute Gasteiger partial charge is 0.292 e. The zero-order chi connectivity index (χ0) is 9.42. The van der Waals surface area contributed by atoms with Crippen LogP contribution in [0.25, 0.3) is 11.1 Å². The molecule has 13 heavy (non-hydrogen) atoms. The van der Waals surface area contributed by atoms with Crippen molar-refractivity contribution >= 4 is 17.1 Å². The zero-order valence-electron chi connectivity index (χ0n) is 6.41. The molecule has 64 valence electrons. The lowest BCUT2D eigenvalue weighted by molar-refractivity contribution is 0.604. The highest BCUT2D eigenvalue weighted by atomic mass is 19.1. The van der Waals surface area contributed by atoms with E-state index in [2.05, 4.69) is 4.98 Å². The van der Waals surface area contributed by atoms with E-state index < -0.39 is 5.82 Å². The van der Waals surface area contributed by atoms with Gasteiger partial charge in [-0.05, 0) is 6.07 Å². The van der Waals surface area contributed by atoms with Crippen LogP contribution in [0, 0.1) is 17.1 Å². The standard InChI is InChI=1S/C8H4FN3O/c9-5-2-7-6(1-4(5)3-10)12-8(11)13-7/h1-2H,(H2,11,12). The Kier molecular flexibility index (Phi) is 1.43. The lowest BCUT2D eigenvalue weighted by Gasteiger charge is -1.90. The Balaban J connectivity index is 2.82. The topological polar surface area (TPSA) is 75.8 Å². The van der Waals surface area contributed by atoms with Crippen LogP contribution >= 0.6 is 0 Å². The maximum atomic E-state index is 13.0. The number of nitrogen functional groups attached to an aromatic ring is 1. The van der Waals surface area contributed by atoms with E-state index in [1.54, 1.807) is 6.07 Å². The van der Waals surface area contributed by atoms with Gasteiger partial charge in [-0.15, -0.1) is 0 Å². The Hall–Kier alpha value is -2.09. The molecule has 0 saturated carbocycles. The summed E-state index contributed by atoms with van der Waals surface area (Å²) in [7, 11) is 0. The van der Waals surface area contributed by atoms with Crippen molar-refractivity contribution in [2.24, 2.45) is 0 Å². The van der Waals surface area contributed by atoms with Gasteiger partial charge in [0.2, 0.25) is 0 Å². The maximum Gasteiger partial charge on any atom is 0.292 e. The van der Waals surface area contributed by atoms with Gasteiger partial charge in [-0.1, -0.05) is 0 Å². The van der Waals surface area contributed by atoms with Crippen molar-refractivity contribution in [3.8, 4) is 6.07 Å². The molecule has 2 aromatic rings. The first kappa shape index (κ1) is 7.55. The fraction of sp³-hybridized carbons (Fsp3) is 0. The van der Waals surface area contributed by atoms with Crippen molar-refractivity contribution in [3.63, 3.8) is 0 Å². The van der Waals surface area contributed by atoms with E-state index in [-0.39, 0.29) is 17.2 Å². The number of anilines is 1. The number of oxazole rings is 1. The highest BCUT2D eigenvalue weighted by Gasteiger charge is 2.08. The van der Waals surface area contributed by atoms with Crippen molar-refractivity contribution in [1.29, 1.82) is 5.26 Å². The monoisotopic (exact) mass is 177 g/mol. The van der Waals surface area contributed by atoms with Crippen LogP contribution in [-0.4, -0.2) is 4.98 Å². The van der Waals surface area contributed by atoms with E-state index in [0.29, 0.717) is 5.52 Å². The summed E-state index contributed by atoms with van der Waals surface area (Å²) in [5, 5.41) is 8.51. The molecule has 0 aliphatic rings. The lowest BCUT2D eigenvalue weighted by Crippen LogP contribution is -1.83. The summed E-state index contributed by atoms with van der Waals surface area (Å²) in [5.74, 6) is -0.633. The van der Waals surface area contributed by atoms with Crippen LogP contribution in [0.3, 0.4) is 0 Å². The number of rotatable bonds is 0. The summed E-state index contributed by atoms with van der Waals surface area (Å²) in [6.07, 6.45) is 0. The van der Waals surface area contributed by atoms with Crippen LogP contribution in [0.4, 0.5) is 10.4 Å². The minimum atomic E-state index is -0.633. The largest absolute Gasteiger partial charge is 0.424 e. The van der Waals surface area contributed by atoms with E-state index >= 15 is 0 Å². The van der Waals surface area contributed by atoms with Gasteiger partial charge in [-0.3, -0.25) is 0 Å². The molecular weight excluding hydrogens is 173 g/mol. The average Bonchev–Trinajstić information content (AvgIpc) is 2.42. The number of benzene rings is 1. The first-order valence-electron chi connectivity index (χ1n) is 3.46. The number of aromatic nitrogens is 1. The fourth-order valence-corrected chi connectivity index (χ4v) is 1.05. The van der Waals surface area contributed by atoms with Gasteiger partial charge < -0.3 is 10.2 Å². The summed E-state index contributed by atoms with van der Waals surface area (Å²) >= 11 is 0. The number of hydrogen-bond acceptors (Lipinski definition) is 4. The van der Waals surface area contributed by atoms with E-state index in [9.17, 15) is 4.39 Å². The van der Waals surface area contributed by atoms with Gasteiger partial charge in [0.15, 0.2) is 5.58 Å². The molecule has 0 fully saturated rings. The third-order valence-corrected chi connectivity index (χ3v) is 1.61. The predicted octanol–water partition coefficient (Wildman–Crippen LogP) is 1.42. The molecule has 0 unspecified atom stereocenters. The number of fused-ring (bicyclic) bond motifs is 1. The zero-order valence-corrected chi connectivity index (χ0v) is 6.41. The second-order valence-corrected chi connectivity index (χ2v) is 2.46. The molecule has 5 heteroatoms. The number of nitrogens with two attached hydrogens (primary N) is 1. The second-order valence-electron chi connectivity index (χ2n) is 2.46. The summed E-state index contributed by atoms with van der Waals surface area (Å²) in [5.41, 5.74) is 5.81. The predicted molar refractivity (Wildman–Crippen MR) is 43.1 cm³/mol. The van der Waals surface area contributed by atoms with Crippen LogP contribution < -0.4 is 5.73 Å². The van der Waals surface area contributed by atoms with Gasteiger partial charge in [0.1, 0.15) is 17.4 Å². The highest BCUT2D eigenvalue weighted by Crippen LogP contribution is 2.20. The van der Waals surface area contributed by atoms with Crippen LogP contribution in [0.2, 0.25) is 0 Å². The van der Waals surface area contributed by atoms with Crippen LogP contribution in [0.5, 0.6) is 0 Å². The molecule has 2 rings (SSSR count). The van der Waals surface area contributed by atoms with E-state index in [1.165, 1.54) is 6.07 Å². The van der Waals surface area contributed by atoms with Crippen LogP contribution in [0.15, 0.2) is 16.5 Å². The van der Waals surface area contributed by atoms with Crippen molar-refractivity contribution in [3.05, 3.63) is 23.5 Å². The molecule has 1 heterocycles. The van der Waals surface area contributed by atoms with Crippen molar-refractivity contribution in [1.82, 2.24) is 4.98 Å². The Morgan fingerprint density at radius 2 is 2.31 bits per heavy atom. The van der Waals surface area contributed by atoms with E-state index in [1.807, 2.05) is 0 Å². The quantitative estimate of drug-likeness (QED) is 0.660. The van der Waals surface area contributed by atoms with Crippen LogP contribution in [0.1, 0.15) is 5.56 Å². The maximum absolute atomic E-state index is 13.0. The van der Waals surface area contributed by atoms with Gasteiger partial charge >= 0.3 is 0 Å². The van der Waals surface area contributed by atoms with E-state index in [4.69, 9.17) is 15.4 Å². The van der Waals surface area contributed by atoms with Crippen molar-refractivity contribution in [2.45, 2.75) is 0 Å². The molecule has 4 nitrogen and oxygen atoms in total. The number of halogens is 1. The Morgan fingerprint density at radius 3 is 3.00 bits per heavy atom. The van der Waals surface area contributed by atoms with Gasteiger partial charge in [-0.25, -0.2) is 4.39 Å². The average molecular weight is 177 g/mol. The lowest BCUT2D eigenvalue weighted by atomic mass is 10.2. The molecule has 0 bridgehead atoms. The molecule has 0 atom stereocenters. The molecule has 0 saturated heterocycles. The molecule has 0 aliphatic heterocycles. The minimum Gasteiger partial charge on any atom is -0.424 e. The first-order chi connectivity index (χ1) is 6.20. The molecule has 0 aliphatic carbocycles. The molecule has 0 spiro atoms. The molecule has 2 N–H and O–H groups in total. The second kappa shape index (κ2) is 2.45. The minimum absolute atomic E-state index is 0.0375. The first-order valence-corrected chi connectivity index (χ1v) is 3.46. The Bertz CT molecular complexity index is 512. The molecular formula is C8H4FN3O. The highest BCUT2D eigenvalue weighted by molar-refractivity contribution is 5.76.